The van der Waals surface area contributed by atoms with E-state index in [-0.39, 0.29) is 28.6 Å². The molecule has 1 aliphatic carbocycles. The highest BCUT2D eigenvalue weighted by atomic mass is 16.2. The van der Waals surface area contributed by atoms with Crippen LogP contribution in [-0.4, -0.2) is 11.8 Å². The lowest BCUT2D eigenvalue weighted by Crippen LogP contribution is -2.56. The van der Waals surface area contributed by atoms with E-state index in [4.69, 9.17) is 0 Å². The van der Waals surface area contributed by atoms with Gasteiger partial charge in [0, 0.05) is 12.3 Å². The summed E-state index contributed by atoms with van der Waals surface area (Å²) in [6.07, 6.45) is 4.71. The largest absolute Gasteiger partial charge is 0.296 e. The number of amides is 2. The lowest BCUT2D eigenvalue weighted by Gasteiger charge is -2.49. The first-order valence-electron chi connectivity index (χ1n) is 7.12. The Bertz CT molecular complexity index is 373. The van der Waals surface area contributed by atoms with Gasteiger partial charge in [0.15, 0.2) is 0 Å². The smallest absolute Gasteiger partial charge is 0.230 e. The third-order valence-electron chi connectivity index (χ3n) is 5.20. The molecule has 2 unspecified atom stereocenters. The first-order valence-corrected chi connectivity index (χ1v) is 7.12. The molecule has 102 valence electrons. The third-order valence-corrected chi connectivity index (χ3v) is 5.20. The van der Waals surface area contributed by atoms with E-state index in [2.05, 4.69) is 33.0 Å². The van der Waals surface area contributed by atoms with Gasteiger partial charge in [0.1, 0.15) is 0 Å². The van der Waals surface area contributed by atoms with Gasteiger partial charge in [-0.1, -0.05) is 34.1 Å². The summed E-state index contributed by atoms with van der Waals surface area (Å²) in [5.74, 6) is 0.389. The Morgan fingerprint density at radius 1 is 1.28 bits per heavy atom. The molecule has 0 bridgehead atoms. The molecule has 3 heteroatoms. The van der Waals surface area contributed by atoms with Crippen molar-refractivity contribution >= 4 is 11.8 Å². The number of imide groups is 1. The molecule has 0 aromatic heterocycles. The van der Waals surface area contributed by atoms with Crippen LogP contribution in [0.4, 0.5) is 0 Å². The maximum absolute atomic E-state index is 12.3. The van der Waals surface area contributed by atoms with Gasteiger partial charge in [0.2, 0.25) is 11.8 Å². The van der Waals surface area contributed by atoms with Gasteiger partial charge in [0.05, 0.1) is 0 Å². The molecule has 1 heterocycles. The van der Waals surface area contributed by atoms with E-state index in [1.165, 1.54) is 0 Å². The molecule has 1 spiro atoms. The van der Waals surface area contributed by atoms with E-state index in [1.807, 2.05) is 0 Å². The van der Waals surface area contributed by atoms with Crippen LogP contribution in [0.1, 0.15) is 59.8 Å². The summed E-state index contributed by atoms with van der Waals surface area (Å²) in [7, 11) is 0. The number of carbonyl (C=O) groups is 2. The Hall–Kier alpha value is -0.860. The Morgan fingerprint density at radius 2 is 1.94 bits per heavy atom. The topological polar surface area (TPSA) is 46.2 Å². The van der Waals surface area contributed by atoms with Gasteiger partial charge in [-0.15, -0.1) is 0 Å². The fraction of sp³-hybridized carbons (Fsp3) is 0.867. The summed E-state index contributed by atoms with van der Waals surface area (Å²) >= 11 is 0. The minimum absolute atomic E-state index is 0.00713. The van der Waals surface area contributed by atoms with Crippen molar-refractivity contribution in [2.24, 2.45) is 22.7 Å². The quantitative estimate of drug-likeness (QED) is 0.767. The highest BCUT2D eigenvalue weighted by molar-refractivity contribution is 6.00. The monoisotopic (exact) mass is 251 g/mol. The SMILES string of the molecule is CC(C)CC1C(=O)NC(=O)CC12CCCC2(C)C. The second kappa shape index (κ2) is 4.36. The summed E-state index contributed by atoms with van der Waals surface area (Å²) in [4.78, 5) is 24.1. The van der Waals surface area contributed by atoms with Crippen LogP contribution in [0.25, 0.3) is 0 Å². The Kier molecular flexibility index (Phi) is 3.28. The fourth-order valence-electron chi connectivity index (χ4n) is 4.14. The minimum Gasteiger partial charge on any atom is -0.296 e. The van der Waals surface area contributed by atoms with Gasteiger partial charge in [-0.25, -0.2) is 0 Å². The molecular formula is C15H25NO2. The van der Waals surface area contributed by atoms with Crippen molar-refractivity contribution in [1.29, 1.82) is 0 Å². The average Bonchev–Trinajstić information content (AvgIpc) is 2.49. The molecule has 1 saturated heterocycles. The Balaban J connectivity index is 2.38. The molecule has 0 radical (unpaired) electrons. The predicted octanol–water partition coefficient (Wildman–Crippen LogP) is 2.89. The normalized spacial score (nSPS) is 35.3. The first-order chi connectivity index (χ1) is 8.28. The molecule has 2 fully saturated rings. The summed E-state index contributed by atoms with van der Waals surface area (Å²) in [5.41, 5.74) is -0.00331. The summed E-state index contributed by atoms with van der Waals surface area (Å²) in [5, 5.41) is 2.55. The van der Waals surface area contributed by atoms with Crippen molar-refractivity contribution in [2.75, 3.05) is 0 Å². The number of hydrogen-bond donors (Lipinski definition) is 1. The molecule has 1 N–H and O–H groups in total. The molecule has 2 aliphatic rings. The predicted molar refractivity (Wildman–Crippen MR) is 70.8 cm³/mol. The molecule has 1 aliphatic heterocycles. The Labute approximate surface area is 110 Å². The van der Waals surface area contributed by atoms with Gasteiger partial charge in [-0.2, -0.15) is 0 Å². The van der Waals surface area contributed by atoms with E-state index < -0.39 is 0 Å². The van der Waals surface area contributed by atoms with Gasteiger partial charge in [-0.05, 0) is 36.0 Å². The highest BCUT2D eigenvalue weighted by Gasteiger charge is 2.58. The molecule has 3 nitrogen and oxygen atoms in total. The molecule has 0 aromatic carbocycles. The number of carbonyl (C=O) groups excluding carboxylic acids is 2. The summed E-state index contributed by atoms with van der Waals surface area (Å²) in [6.45, 7) is 8.77. The lowest BCUT2D eigenvalue weighted by atomic mass is 9.56. The van der Waals surface area contributed by atoms with E-state index >= 15 is 0 Å². The highest BCUT2D eigenvalue weighted by Crippen LogP contribution is 2.61. The molecular weight excluding hydrogens is 226 g/mol. The number of hydrogen-bond acceptors (Lipinski definition) is 2. The van der Waals surface area contributed by atoms with E-state index in [0.29, 0.717) is 12.3 Å². The number of nitrogens with one attached hydrogen (secondary N) is 1. The van der Waals surface area contributed by atoms with Crippen LogP contribution in [0.2, 0.25) is 0 Å². The molecule has 2 rings (SSSR count). The number of piperidine rings is 1. The second-order valence-electron chi connectivity index (χ2n) is 7.16. The van der Waals surface area contributed by atoms with Gasteiger partial charge in [-0.3, -0.25) is 14.9 Å². The molecule has 2 amide bonds. The summed E-state index contributed by atoms with van der Waals surface area (Å²) in [6, 6.07) is 0. The fourth-order valence-corrected chi connectivity index (χ4v) is 4.14. The van der Waals surface area contributed by atoms with Crippen LogP contribution in [0.3, 0.4) is 0 Å². The van der Waals surface area contributed by atoms with Crippen LogP contribution in [0.5, 0.6) is 0 Å². The van der Waals surface area contributed by atoms with Crippen molar-refractivity contribution in [3.63, 3.8) is 0 Å². The zero-order valence-electron chi connectivity index (χ0n) is 12.0. The van der Waals surface area contributed by atoms with Crippen LogP contribution in [0.15, 0.2) is 0 Å². The zero-order valence-corrected chi connectivity index (χ0v) is 12.0. The number of rotatable bonds is 2. The maximum Gasteiger partial charge on any atom is 0.230 e. The standard InChI is InChI=1S/C15H25NO2/c1-10(2)8-11-13(18)16-12(17)9-15(11)7-5-6-14(15,3)4/h10-11H,5-9H2,1-4H3,(H,16,17,18). The minimum atomic E-state index is -0.101. The van der Waals surface area contributed by atoms with Crippen molar-refractivity contribution in [3.05, 3.63) is 0 Å². The van der Waals surface area contributed by atoms with Crippen molar-refractivity contribution in [2.45, 2.75) is 59.8 Å². The van der Waals surface area contributed by atoms with Crippen molar-refractivity contribution < 1.29 is 9.59 Å². The maximum atomic E-state index is 12.3. The van der Waals surface area contributed by atoms with Crippen LogP contribution >= 0.6 is 0 Å². The van der Waals surface area contributed by atoms with E-state index in [9.17, 15) is 9.59 Å². The van der Waals surface area contributed by atoms with Crippen molar-refractivity contribution in [1.82, 2.24) is 5.32 Å². The third kappa shape index (κ3) is 1.98. The Morgan fingerprint density at radius 3 is 2.44 bits per heavy atom. The molecule has 1 saturated carbocycles. The van der Waals surface area contributed by atoms with Crippen LogP contribution < -0.4 is 5.32 Å². The molecule has 0 aromatic rings. The zero-order chi connectivity index (χ0) is 13.6. The van der Waals surface area contributed by atoms with Crippen LogP contribution in [0, 0.1) is 22.7 Å². The average molecular weight is 251 g/mol. The van der Waals surface area contributed by atoms with Gasteiger partial charge in [0.25, 0.3) is 0 Å². The van der Waals surface area contributed by atoms with Gasteiger partial charge < -0.3 is 0 Å². The summed E-state index contributed by atoms with van der Waals surface area (Å²) < 4.78 is 0. The van der Waals surface area contributed by atoms with Crippen molar-refractivity contribution in [3.8, 4) is 0 Å². The van der Waals surface area contributed by atoms with E-state index in [0.717, 1.165) is 25.7 Å². The molecule has 2 atom stereocenters. The lowest BCUT2D eigenvalue weighted by molar-refractivity contribution is -0.150. The van der Waals surface area contributed by atoms with Gasteiger partial charge >= 0.3 is 0 Å². The van der Waals surface area contributed by atoms with E-state index in [1.54, 1.807) is 0 Å². The molecule has 18 heavy (non-hydrogen) atoms. The first kappa shape index (κ1) is 13.6. The van der Waals surface area contributed by atoms with Crippen LogP contribution in [-0.2, 0) is 9.59 Å². The second-order valence-corrected chi connectivity index (χ2v) is 7.16.